The van der Waals surface area contributed by atoms with E-state index in [0.29, 0.717) is 5.75 Å². The lowest BCUT2D eigenvalue weighted by Crippen LogP contribution is -2.49. The number of ether oxygens (including phenoxy) is 2. The predicted octanol–water partition coefficient (Wildman–Crippen LogP) is 0.567. The number of fused-ring (bicyclic) bond motifs is 5. The van der Waals surface area contributed by atoms with Crippen LogP contribution in [-0.2, 0) is 19.1 Å². The van der Waals surface area contributed by atoms with Gasteiger partial charge in [-0.25, -0.2) is 0 Å². The molecular formula is C17H18N2O5. The van der Waals surface area contributed by atoms with Crippen molar-refractivity contribution >= 4 is 17.7 Å². The second-order valence-corrected chi connectivity index (χ2v) is 6.49. The molecule has 7 nitrogen and oxygen atoms in total. The molecule has 0 spiro atoms. The van der Waals surface area contributed by atoms with Gasteiger partial charge < -0.3 is 9.47 Å². The zero-order valence-electron chi connectivity index (χ0n) is 13.2. The van der Waals surface area contributed by atoms with E-state index < -0.39 is 17.7 Å². The first-order chi connectivity index (χ1) is 11.5. The van der Waals surface area contributed by atoms with Crippen LogP contribution < -0.4 is 10.2 Å². The van der Waals surface area contributed by atoms with Crippen LogP contribution in [0.5, 0.6) is 5.75 Å². The monoisotopic (exact) mass is 330 g/mol. The van der Waals surface area contributed by atoms with Gasteiger partial charge in [0.2, 0.25) is 0 Å². The van der Waals surface area contributed by atoms with Gasteiger partial charge >= 0.3 is 0 Å². The van der Waals surface area contributed by atoms with Gasteiger partial charge in [0.05, 0.1) is 24.0 Å². The summed E-state index contributed by atoms with van der Waals surface area (Å²) in [5.74, 6) is -1.63. The van der Waals surface area contributed by atoms with Crippen molar-refractivity contribution in [3.8, 4) is 5.75 Å². The number of amides is 3. The van der Waals surface area contributed by atoms with E-state index in [9.17, 15) is 14.4 Å². The smallest absolute Gasteiger partial charge is 0.276 e. The van der Waals surface area contributed by atoms with E-state index in [2.05, 4.69) is 5.43 Å². The fourth-order valence-electron chi connectivity index (χ4n) is 3.76. The highest BCUT2D eigenvalue weighted by Gasteiger charge is 2.62. The topological polar surface area (TPSA) is 84.9 Å². The summed E-state index contributed by atoms with van der Waals surface area (Å²) in [6, 6.07) is 7.26. The molecule has 7 heteroatoms. The first-order valence-electron chi connectivity index (χ1n) is 8.07. The Labute approximate surface area is 138 Å². The number of aryl methyl sites for hydroxylation is 1. The number of rotatable bonds is 4. The van der Waals surface area contributed by atoms with Crippen LogP contribution in [0.2, 0.25) is 0 Å². The Hall–Kier alpha value is -2.41. The molecule has 3 aliphatic rings. The highest BCUT2D eigenvalue weighted by Crippen LogP contribution is 2.47. The number of nitrogens with zero attached hydrogens (tertiary/aromatic N) is 1. The van der Waals surface area contributed by atoms with Gasteiger partial charge in [0.1, 0.15) is 5.75 Å². The van der Waals surface area contributed by atoms with E-state index in [1.165, 1.54) is 0 Å². The predicted molar refractivity (Wildman–Crippen MR) is 81.5 cm³/mol. The van der Waals surface area contributed by atoms with Crippen LogP contribution in [0.3, 0.4) is 0 Å². The number of hydrazine groups is 1. The number of benzene rings is 1. The number of hydrogen-bond donors (Lipinski definition) is 1. The minimum Gasteiger partial charge on any atom is -0.484 e. The zero-order valence-corrected chi connectivity index (χ0v) is 13.2. The fraction of sp³-hybridized carbons (Fsp3) is 0.471. The standard InChI is InChI=1S/C17H18N2O5/c1-9-2-4-10(5-3-9)23-8-13(20)18-19-16(21)14-11-6-7-12(24-11)15(14)17(19)22/h2-5,11-12,14-15H,6-8H2,1H3,(H,18,20)/t11-,12-,14-,15+/m1/s1. The quantitative estimate of drug-likeness (QED) is 0.816. The second-order valence-electron chi connectivity index (χ2n) is 6.49. The molecule has 126 valence electrons. The SMILES string of the molecule is Cc1ccc(OCC(=O)NN2C(=O)[C@@H]3[C@H](C2=O)[C@H]2CC[C@H]3O2)cc1. The Morgan fingerprint density at radius 2 is 1.75 bits per heavy atom. The average Bonchev–Trinajstić information content (AvgIpc) is 3.24. The molecule has 3 heterocycles. The van der Waals surface area contributed by atoms with Gasteiger partial charge in [0.25, 0.3) is 17.7 Å². The molecule has 3 saturated heterocycles. The van der Waals surface area contributed by atoms with E-state index in [1.54, 1.807) is 12.1 Å². The van der Waals surface area contributed by atoms with Gasteiger partial charge in [-0.15, -0.1) is 0 Å². The zero-order chi connectivity index (χ0) is 16.8. The molecular weight excluding hydrogens is 312 g/mol. The van der Waals surface area contributed by atoms with Gasteiger partial charge in [0, 0.05) is 0 Å². The lowest BCUT2D eigenvalue weighted by molar-refractivity contribution is -0.151. The van der Waals surface area contributed by atoms with Crippen molar-refractivity contribution in [1.82, 2.24) is 10.4 Å². The normalized spacial score (nSPS) is 30.6. The highest BCUT2D eigenvalue weighted by molar-refractivity contribution is 6.07. The number of carbonyl (C=O) groups excluding carboxylic acids is 3. The first kappa shape index (κ1) is 15.1. The van der Waals surface area contributed by atoms with Gasteiger partial charge in [0.15, 0.2) is 6.61 Å². The van der Waals surface area contributed by atoms with Crippen LogP contribution in [0, 0.1) is 18.8 Å². The summed E-state index contributed by atoms with van der Waals surface area (Å²) in [4.78, 5) is 36.8. The molecule has 3 aliphatic heterocycles. The van der Waals surface area contributed by atoms with E-state index in [0.717, 1.165) is 23.4 Å². The van der Waals surface area contributed by atoms with Crippen molar-refractivity contribution < 1.29 is 23.9 Å². The molecule has 0 unspecified atom stereocenters. The van der Waals surface area contributed by atoms with Gasteiger partial charge in [-0.05, 0) is 31.9 Å². The van der Waals surface area contributed by atoms with Gasteiger partial charge in [-0.1, -0.05) is 17.7 Å². The van der Waals surface area contributed by atoms with Gasteiger partial charge in [-0.2, -0.15) is 5.01 Å². The molecule has 24 heavy (non-hydrogen) atoms. The van der Waals surface area contributed by atoms with Crippen LogP contribution >= 0.6 is 0 Å². The van der Waals surface area contributed by atoms with Crippen LogP contribution in [0.25, 0.3) is 0 Å². The van der Waals surface area contributed by atoms with Crippen LogP contribution in [0.4, 0.5) is 0 Å². The van der Waals surface area contributed by atoms with E-state index in [4.69, 9.17) is 9.47 Å². The Bertz CT molecular complexity index is 673. The van der Waals surface area contributed by atoms with Crippen molar-refractivity contribution in [2.45, 2.75) is 32.0 Å². The molecule has 0 saturated carbocycles. The molecule has 3 amide bonds. The molecule has 0 aliphatic carbocycles. The largest absolute Gasteiger partial charge is 0.484 e. The maximum atomic E-state index is 12.4. The third kappa shape index (κ3) is 2.36. The Balaban J connectivity index is 1.37. The minimum absolute atomic E-state index is 0.192. The van der Waals surface area contributed by atoms with E-state index in [1.807, 2.05) is 19.1 Å². The maximum absolute atomic E-state index is 12.4. The summed E-state index contributed by atoms with van der Waals surface area (Å²) < 4.78 is 11.0. The van der Waals surface area contributed by atoms with Crippen molar-refractivity contribution in [2.75, 3.05) is 6.61 Å². The minimum atomic E-state index is -0.537. The molecule has 1 aromatic carbocycles. The van der Waals surface area contributed by atoms with E-state index in [-0.39, 0.29) is 30.6 Å². The lowest BCUT2D eigenvalue weighted by atomic mass is 9.81. The third-order valence-electron chi connectivity index (χ3n) is 4.91. The summed E-state index contributed by atoms with van der Waals surface area (Å²) in [6.45, 7) is 1.69. The molecule has 0 radical (unpaired) electrons. The molecule has 1 aromatic rings. The van der Waals surface area contributed by atoms with Crippen LogP contribution in [-0.4, -0.2) is 41.5 Å². The number of imide groups is 1. The molecule has 3 fully saturated rings. The van der Waals surface area contributed by atoms with Gasteiger partial charge in [-0.3, -0.25) is 19.8 Å². The highest BCUT2D eigenvalue weighted by atomic mass is 16.5. The van der Waals surface area contributed by atoms with Crippen molar-refractivity contribution in [2.24, 2.45) is 11.8 Å². The number of nitrogens with one attached hydrogen (secondary N) is 1. The number of hydrogen-bond acceptors (Lipinski definition) is 5. The fourth-order valence-corrected chi connectivity index (χ4v) is 3.76. The Morgan fingerprint density at radius 1 is 1.17 bits per heavy atom. The summed E-state index contributed by atoms with van der Waals surface area (Å²) >= 11 is 0. The van der Waals surface area contributed by atoms with Crippen molar-refractivity contribution in [3.05, 3.63) is 29.8 Å². The lowest BCUT2D eigenvalue weighted by Gasteiger charge is -2.18. The summed E-state index contributed by atoms with van der Waals surface area (Å²) in [5, 5.41) is 0.851. The van der Waals surface area contributed by atoms with Crippen molar-refractivity contribution in [3.63, 3.8) is 0 Å². The molecule has 0 aromatic heterocycles. The average molecular weight is 330 g/mol. The molecule has 2 bridgehead atoms. The maximum Gasteiger partial charge on any atom is 0.276 e. The van der Waals surface area contributed by atoms with E-state index >= 15 is 0 Å². The summed E-state index contributed by atoms with van der Waals surface area (Å²) in [6.07, 6.45) is 1.20. The molecule has 1 N–H and O–H groups in total. The Kier molecular flexibility index (Phi) is 3.53. The molecule has 4 rings (SSSR count). The Morgan fingerprint density at radius 3 is 2.33 bits per heavy atom. The van der Waals surface area contributed by atoms with Crippen LogP contribution in [0.15, 0.2) is 24.3 Å². The summed E-state index contributed by atoms with van der Waals surface area (Å²) in [5.41, 5.74) is 3.46. The number of carbonyl (C=O) groups is 3. The summed E-state index contributed by atoms with van der Waals surface area (Å²) in [7, 11) is 0. The molecule has 4 atom stereocenters. The second kappa shape index (κ2) is 5.59. The third-order valence-corrected chi connectivity index (χ3v) is 4.91. The van der Waals surface area contributed by atoms with Crippen molar-refractivity contribution in [1.29, 1.82) is 0 Å². The van der Waals surface area contributed by atoms with Crippen LogP contribution in [0.1, 0.15) is 18.4 Å². The first-order valence-corrected chi connectivity index (χ1v) is 8.07.